The zero-order chi connectivity index (χ0) is 19.1. The van der Waals surface area contributed by atoms with Crippen LogP contribution >= 0.6 is 0 Å². The largest absolute Gasteiger partial charge is 0.276 e. The molecular weight excluding hydrogens is 352 g/mol. The first-order valence-corrected chi connectivity index (χ1v) is 8.79. The highest BCUT2D eigenvalue weighted by Crippen LogP contribution is 2.31. The maximum Gasteiger partial charge on any atom is 0.270 e. The number of hydrogen-bond donors (Lipinski definition) is 0. The SMILES string of the molecule is O=[N+]([O-])c1cccc(-c2cc(-c3ccccc3)nc3nc4ccccc4n23)c1. The number of benzene rings is 3. The summed E-state index contributed by atoms with van der Waals surface area (Å²) in [7, 11) is 0. The van der Waals surface area contributed by atoms with Crippen molar-refractivity contribution in [1.82, 2.24) is 14.4 Å². The fourth-order valence-corrected chi connectivity index (χ4v) is 3.41. The summed E-state index contributed by atoms with van der Waals surface area (Å²) in [5.41, 5.74) is 5.06. The van der Waals surface area contributed by atoms with Gasteiger partial charge in [0.25, 0.3) is 5.69 Å². The van der Waals surface area contributed by atoms with Gasteiger partial charge >= 0.3 is 0 Å². The standard InChI is InChI=1S/C22H14N4O2/c27-26(28)17-10-6-9-16(13-17)21-14-19(15-7-2-1-3-8-15)24-22-23-18-11-4-5-12-20(18)25(21)22/h1-14H. The molecule has 2 aromatic heterocycles. The predicted molar refractivity (Wildman–Crippen MR) is 108 cm³/mol. The third kappa shape index (κ3) is 2.59. The molecule has 134 valence electrons. The van der Waals surface area contributed by atoms with E-state index >= 15 is 0 Å². The van der Waals surface area contributed by atoms with Crippen molar-refractivity contribution in [2.75, 3.05) is 0 Å². The fourth-order valence-electron chi connectivity index (χ4n) is 3.41. The van der Waals surface area contributed by atoms with Gasteiger partial charge in [0, 0.05) is 23.3 Å². The van der Waals surface area contributed by atoms with E-state index < -0.39 is 0 Å². The van der Waals surface area contributed by atoms with Crippen LogP contribution in [0.2, 0.25) is 0 Å². The smallest absolute Gasteiger partial charge is 0.270 e. The Balaban J connectivity index is 1.87. The number of fused-ring (bicyclic) bond motifs is 3. The molecule has 3 aromatic carbocycles. The highest BCUT2D eigenvalue weighted by atomic mass is 16.6. The minimum Gasteiger partial charge on any atom is -0.276 e. The molecule has 2 heterocycles. The summed E-state index contributed by atoms with van der Waals surface area (Å²) >= 11 is 0. The minimum absolute atomic E-state index is 0.0492. The van der Waals surface area contributed by atoms with Crippen LogP contribution in [0.25, 0.3) is 39.3 Å². The van der Waals surface area contributed by atoms with Crippen molar-refractivity contribution < 1.29 is 4.92 Å². The van der Waals surface area contributed by atoms with Crippen LogP contribution in [0.3, 0.4) is 0 Å². The lowest BCUT2D eigenvalue weighted by Crippen LogP contribution is -1.98. The average molecular weight is 366 g/mol. The minimum atomic E-state index is -0.383. The summed E-state index contributed by atoms with van der Waals surface area (Å²) in [6.45, 7) is 0. The van der Waals surface area contributed by atoms with Crippen molar-refractivity contribution in [2.24, 2.45) is 0 Å². The first-order chi connectivity index (χ1) is 13.7. The van der Waals surface area contributed by atoms with Gasteiger partial charge in [0.2, 0.25) is 5.78 Å². The number of para-hydroxylation sites is 2. The molecule has 0 unspecified atom stereocenters. The van der Waals surface area contributed by atoms with Crippen LogP contribution in [-0.4, -0.2) is 19.3 Å². The number of imidazole rings is 1. The summed E-state index contributed by atoms with van der Waals surface area (Å²) < 4.78 is 1.95. The van der Waals surface area contributed by atoms with E-state index in [4.69, 9.17) is 4.98 Å². The molecule has 0 aliphatic heterocycles. The molecule has 5 rings (SSSR count). The van der Waals surface area contributed by atoms with Gasteiger partial charge in [0.1, 0.15) is 0 Å². The molecule has 6 heteroatoms. The first-order valence-electron chi connectivity index (χ1n) is 8.79. The maximum atomic E-state index is 11.3. The van der Waals surface area contributed by atoms with Crippen molar-refractivity contribution >= 4 is 22.5 Å². The molecule has 0 saturated carbocycles. The van der Waals surface area contributed by atoms with Crippen molar-refractivity contribution in [3.8, 4) is 22.5 Å². The Morgan fingerprint density at radius 3 is 2.36 bits per heavy atom. The topological polar surface area (TPSA) is 73.3 Å². The van der Waals surface area contributed by atoms with Crippen LogP contribution in [0.5, 0.6) is 0 Å². The zero-order valence-electron chi connectivity index (χ0n) is 14.7. The Labute approximate surface area is 159 Å². The number of aromatic nitrogens is 3. The van der Waals surface area contributed by atoms with E-state index in [0.29, 0.717) is 5.78 Å². The second-order valence-corrected chi connectivity index (χ2v) is 6.44. The van der Waals surface area contributed by atoms with Gasteiger partial charge in [-0.2, -0.15) is 0 Å². The number of hydrogen-bond acceptors (Lipinski definition) is 4. The van der Waals surface area contributed by atoms with E-state index in [1.54, 1.807) is 12.1 Å². The van der Waals surface area contributed by atoms with Crippen LogP contribution in [-0.2, 0) is 0 Å². The van der Waals surface area contributed by atoms with E-state index in [-0.39, 0.29) is 10.6 Å². The molecule has 0 amide bonds. The summed E-state index contributed by atoms with van der Waals surface area (Å²) in [5, 5.41) is 11.3. The van der Waals surface area contributed by atoms with E-state index in [1.807, 2.05) is 71.1 Å². The molecule has 6 nitrogen and oxygen atoms in total. The third-order valence-corrected chi connectivity index (χ3v) is 4.70. The lowest BCUT2D eigenvalue weighted by molar-refractivity contribution is -0.384. The highest BCUT2D eigenvalue weighted by Gasteiger charge is 2.16. The van der Waals surface area contributed by atoms with Gasteiger partial charge in [0.15, 0.2) is 0 Å². The number of nitrogens with zero attached hydrogens (tertiary/aromatic N) is 4. The van der Waals surface area contributed by atoms with Crippen LogP contribution in [0.1, 0.15) is 0 Å². The van der Waals surface area contributed by atoms with Crippen LogP contribution in [0.4, 0.5) is 5.69 Å². The van der Waals surface area contributed by atoms with Crippen LogP contribution in [0.15, 0.2) is 84.9 Å². The van der Waals surface area contributed by atoms with Gasteiger partial charge in [-0.05, 0) is 18.2 Å². The molecule has 0 aliphatic rings. The predicted octanol–water partition coefficient (Wildman–Crippen LogP) is 5.12. The van der Waals surface area contributed by atoms with Gasteiger partial charge in [-0.25, -0.2) is 9.97 Å². The molecule has 0 bridgehead atoms. The summed E-state index contributed by atoms with van der Waals surface area (Å²) in [4.78, 5) is 20.3. The Morgan fingerprint density at radius 2 is 1.54 bits per heavy atom. The van der Waals surface area contributed by atoms with Crippen LogP contribution in [0, 0.1) is 10.1 Å². The monoisotopic (exact) mass is 366 g/mol. The van der Waals surface area contributed by atoms with Crippen molar-refractivity contribution in [1.29, 1.82) is 0 Å². The molecule has 28 heavy (non-hydrogen) atoms. The number of non-ortho nitro benzene ring substituents is 1. The summed E-state index contributed by atoms with van der Waals surface area (Å²) in [6.07, 6.45) is 0. The highest BCUT2D eigenvalue weighted by molar-refractivity contribution is 5.84. The molecule has 0 fully saturated rings. The fraction of sp³-hybridized carbons (Fsp3) is 0. The quantitative estimate of drug-likeness (QED) is 0.328. The molecule has 0 aliphatic carbocycles. The maximum absolute atomic E-state index is 11.3. The van der Waals surface area contributed by atoms with E-state index in [0.717, 1.165) is 33.5 Å². The van der Waals surface area contributed by atoms with Gasteiger partial charge in [-0.3, -0.25) is 14.5 Å². The molecule has 0 N–H and O–H groups in total. The van der Waals surface area contributed by atoms with Crippen molar-refractivity contribution in [2.45, 2.75) is 0 Å². The van der Waals surface area contributed by atoms with Crippen LogP contribution < -0.4 is 0 Å². The second-order valence-electron chi connectivity index (χ2n) is 6.44. The average Bonchev–Trinajstić information content (AvgIpc) is 3.12. The Morgan fingerprint density at radius 1 is 0.786 bits per heavy atom. The normalized spacial score (nSPS) is 11.1. The molecule has 0 radical (unpaired) electrons. The Hall–Kier alpha value is -4.06. The Kier molecular flexibility index (Phi) is 3.62. The van der Waals surface area contributed by atoms with Gasteiger partial charge in [-0.15, -0.1) is 0 Å². The van der Waals surface area contributed by atoms with E-state index in [9.17, 15) is 10.1 Å². The van der Waals surface area contributed by atoms with Gasteiger partial charge in [0.05, 0.1) is 27.3 Å². The Bertz CT molecular complexity index is 1340. The summed E-state index contributed by atoms with van der Waals surface area (Å²) in [5.74, 6) is 0.559. The second kappa shape index (κ2) is 6.28. The van der Waals surface area contributed by atoms with E-state index in [2.05, 4.69) is 4.98 Å². The number of nitro groups is 1. The zero-order valence-corrected chi connectivity index (χ0v) is 14.7. The van der Waals surface area contributed by atoms with E-state index in [1.165, 1.54) is 6.07 Å². The van der Waals surface area contributed by atoms with Gasteiger partial charge < -0.3 is 0 Å². The van der Waals surface area contributed by atoms with Gasteiger partial charge in [-0.1, -0.05) is 54.6 Å². The van der Waals surface area contributed by atoms with Crippen molar-refractivity contribution in [3.63, 3.8) is 0 Å². The molecule has 5 aromatic rings. The molecule has 0 saturated heterocycles. The lowest BCUT2D eigenvalue weighted by Gasteiger charge is -2.10. The summed E-state index contributed by atoms with van der Waals surface area (Å²) in [6, 6.07) is 26.2. The molecule has 0 spiro atoms. The number of rotatable bonds is 3. The lowest BCUT2D eigenvalue weighted by atomic mass is 10.1. The molecule has 0 atom stereocenters. The van der Waals surface area contributed by atoms with Crippen molar-refractivity contribution in [3.05, 3.63) is 95.0 Å². The number of nitro benzene ring substituents is 1. The third-order valence-electron chi connectivity index (χ3n) is 4.70. The first kappa shape index (κ1) is 16.1. The molecular formula is C22H14N4O2.